The van der Waals surface area contributed by atoms with Gasteiger partial charge in [0, 0.05) is 13.2 Å². The SMILES string of the molecule is CCNC(COC)CS(=O)(=O)c1ccc(C)c(C)c1. The van der Waals surface area contributed by atoms with Crippen LogP contribution in [0.1, 0.15) is 18.1 Å². The fourth-order valence-corrected chi connectivity index (χ4v) is 3.49. The van der Waals surface area contributed by atoms with E-state index >= 15 is 0 Å². The van der Waals surface area contributed by atoms with Crippen molar-refractivity contribution in [2.24, 2.45) is 0 Å². The largest absolute Gasteiger partial charge is 0.383 e. The van der Waals surface area contributed by atoms with Crippen LogP contribution < -0.4 is 5.32 Å². The van der Waals surface area contributed by atoms with Crippen LogP contribution >= 0.6 is 0 Å². The van der Waals surface area contributed by atoms with Gasteiger partial charge in [-0.05, 0) is 43.7 Å². The normalized spacial score (nSPS) is 13.5. The molecule has 1 N–H and O–H groups in total. The maximum absolute atomic E-state index is 12.4. The first-order valence-corrected chi connectivity index (χ1v) is 8.08. The van der Waals surface area contributed by atoms with E-state index in [1.165, 1.54) is 0 Å². The van der Waals surface area contributed by atoms with Gasteiger partial charge in [-0.2, -0.15) is 0 Å². The van der Waals surface area contributed by atoms with E-state index in [1.807, 2.05) is 26.8 Å². The molecule has 0 radical (unpaired) electrons. The number of sulfone groups is 1. The van der Waals surface area contributed by atoms with E-state index in [0.717, 1.165) is 17.7 Å². The van der Waals surface area contributed by atoms with Gasteiger partial charge in [-0.1, -0.05) is 13.0 Å². The summed E-state index contributed by atoms with van der Waals surface area (Å²) in [5.74, 6) is 0.0528. The molecule has 0 aromatic heterocycles. The Kier molecular flexibility index (Phi) is 5.97. The third-order valence-corrected chi connectivity index (χ3v) is 4.93. The fourth-order valence-electron chi connectivity index (χ4n) is 1.92. The van der Waals surface area contributed by atoms with Gasteiger partial charge in [-0.25, -0.2) is 8.42 Å². The van der Waals surface area contributed by atoms with Crippen molar-refractivity contribution in [3.63, 3.8) is 0 Å². The van der Waals surface area contributed by atoms with Gasteiger partial charge in [0.05, 0.1) is 17.3 Å². The van der Waals surface area contributed by atoms with Crippen LogP contribution in [0.25, 0.3) is 0 Å². The second kappa shape index (κ2) is 7.03. The molecule has 0 spiro atoms. The maximum atomic E-state index is 12.4. The molecular weight excluding hydrogens is 262 g/mol. The topological polar surface area (TPSA) is 55.4 Å². The number of rotatable bonds is 7. The lowest BCUT2D eigenvalue weighted by atomic mass is 10.1. The van der Waals surface area contributed by atoms with Crippen LogP contribution in [0.15, 0.2) is 23.1 Å². The van der Waals surface area contributed by atoms with Crippen molar-refractivity contribution >= 4 is 9.84 Å². The van der Waals surface area contributed by atoms with Crippen LogP contribution in [0.2, 0.25) is 0 Å². The summed E-state index contributed by atoms with van der Waals surface area (Å²) in [6.07, 6.45) is 0. The molecule has 1 atom stereocenters. The number of hydrogen-bond donors (Lipinski definition) is 1. The summed E-state index contributed by atoms with van der Waals surface area (Å²) >= 11 is 0. The molecule has 0 aliphatic carbocycles. The Balaban J connectivity index is 2.92. The average molecular weight is 285 g/mol. The van der Waals surface area contributed by atoms with Crippen molar-refractivity contribution in [3.8, 4) is 0 Å². The van der Waals surface area contributed by atoms with Crippen LogP contribution in [0.5, 0.6) is 0 Å². The second-order valence-corrected chi connectivity index (χ2v) is 6.77. The lowest BCUT2D eigenvalue weighted by Gasteiger charge is -2.17. The fraction of sp³-hybridized carbons (Fsp3) is 0.571. The van der Waals surface area contributed by atoms with E-state index in [-0.39, 0.29) is 11.8 Å². The lowest BCUT2D eigenvalue weighted by molar-refractivity contribution is 0.174. The number of ether oxygens (including phenoxy) is 1. The standard InChI is InChI=1S/C14H23NO3S/c1-5-15-13(9-18-4)10-19(16,17)14-7-6-11(2)12(3)8-14/h6-8,13,15H,5,9-10H2,1-4H3. The minimum absolute atomic E-state index is 0.0528. The van der Waals surface area contributed by atoms with Crippen LogP contribution in [-0.4, -0.2) is 40.5 Å². The van der Waals surface area contributed by atoms with E-state index in [2.05, 4.69) is 5.32 Å². The van der Waals surface area contributed by atoms with E-state index in [9.17, 15) is 8.42 Å². The molecule has 1 unspecified atom stereocenters. The predicted octanol–water partition coefficient (Wildman–Crippen LogP) is 1.70. The average Bonchev–Trinajstić information content (AvgIpc) is 2.32. The monoisotopic (exact) mass is 285 g/mol. The molecule has 0 bridgehead atoms. The molecule has 1 aromatic rings. The predicted molar refractivity (Wildman–Crippen MR) is 77.3 cm³/mol. The minimum Gasteiger partial charge on any atom is -0.383 e. The number of nitrogens with one attached hydrogen (secondary N) is 1. The highest BCUT2D eigenvalue weighted by Crippen LogP contribution is 2.16. The number of aryl methyl sites for hydroxylation is 2. The molecule has 0 fully saturated rings. The quantitative estimate of drug-likeness (QED) is 0.828. The Bertz CT molecular complexity index is 505. The molecule has 4 nitrogen and oxygen atoms in total. The van der Waals surface area contributed by atoms with Gasteiger partial charge in [0.15, 0.2) is 9.84 Å². The first-order chi connectivity index (χ1) is 8.90. The summed E-state index contributed by atoms with van der Waals surface area (Å²) in [5.41, 5.74) is 2.09. The van der Waals surface area contributed by atoms with Crippen molar-refractivity contribution in [3.05, 3.63) is 29.3 Å². The summed E-state index contributed by atoms with van der Waals surface area (Å²) < 4.78 is 29.8. The zero-order chi connectivity index (χ0) is 14.5. The van der Waals surface area contributed by atoms with Crippen LogP contribution in [-0.2, 0) is 14.6 Å². The third kappa shape index (κ3) is 4.60. The number of hydrogen-bond acceptors (Lipinski definition) is 4. The molecule has 19 heavy (non-hydrogen) atoms. The van der Waals surface area contributed by atoms with Gasteiger partial charge in [-0.15, -0.1) is 0 Å². The van der Waals surface area contributed by atoms with Gasteiger partial charge >= 0.3 is 0 Å². The van der Waals surface area contributed by atoms with Gasteiger partial charge in [0.2, 0.25) is 0 Å². The maximum Gasteiger partial charge on any atom is 0.180 e. The van der Waals surface area contributed by atoms with Crippen molar-refractivity contribution < 1.29 is 13.2 Å². The highest BCUT2D eigenvalue weighted by Gasteiger charge is 2.21. The summed E-state index contributed by atoms with van der Waals surface area (Å²) in [6.45, 7) is 6.95. The zero-order valence-electron chi connectivity index (χ0n) is 12.1. The van der Waals surface area contributed by atoms with Crippen LogP contribution in [0, 0.1) is 13.8 Å². The van der Waals surface area contributed by atoms with Crippen molar-refractivity contribution in [1.29, 1.82) is 0 Å². The van der Waals surface area contributed by atoms with Crippen molar-refractivity contribution in [2.75, 3.05) is 26.0 Å². The molecule has 0 aliphatic rings. The molecule has 0 heterocycles. The summed E-state index contributed by atoms with van der Waals surface area (Å²) in [5, 5.41) is 3.13. The smallest absolute Gasteiger partial charge is 0.180 e. The minimum atomic E-state index is -3.29. The van der Waals surface area contributed by atoms with E-state index < -0.39 is 9.84 Å². The van der Waals surface area contributed by atoms with Gasteiger partial charge in [0.25, 0.3) is 0 Å². The van der Waals surface area contributed by atoms with E-state index in [1.54, 1.807) is 19.2 Å². The van der Waals surface area contributed by atoms with E-state index in [4.69, 9.17) is 4.74 Å². The van der Waals surface area contributed by atoms with Gasteiger partial charge < -0.3 is 10.1 Å². The summed E-state index contributed by atoms with van der Waals surface area (Å²) in [6, 6.07) is 5.08. The number of benzene rings is 1. The molecule has 0 saturated carbocycles. The molecule has 108 valence electrons. The highest BCUT2D eigenvalue weighted by molar-refractivity contribution is 7.91. The lowest BCUT2D eigenvalue weighted by Crippen LogP contribution is -2.39. The first kappa shape index (κ1) is 16.1. The molecule has 1 aromatic carbocycles. The Labute approximate surface area is 116 Å². The van der Waals surface area contributed by atoms with Gasteiger partial charge in [-0.3, -0.25) is 0 Å². The summed E-state index contributed by atoms with van der Waals surface area (Å²) in [4.78, 5) is 0.384. The van der Waals surface area contributed by atoms with Crippen molar-refractivity contribution in [2.45, 2.75) is 31.7 Å². The van der Waals surface area contributed by atoms with Crippen molar-refractivity contribution in [1.82, 2.24) is 5.32 Å². The number of likely N-dealkylation sites (N-methyl/N-ethyl adjacent to an activating group) is 1. The first-order valence-electron chi connectivity index (χ1n) is 6.43. The Morgan fingerprint density at radius 2 is 1.95 bits per heavy atom. The van der Waals surface area contributed by atoms with Crippen LogP contribution in [0.3, 0.4) is 0 Å². The van der Waals surface area contributed by atoms with E-state index in [0.29, 0.717) is 11.5 Å². The number of methoxy groups -OCH3 is 1. The molecule has 0 aliphatic heterocycles. The Hall–Kier alpha value is -0.910. The summed E-state index contributed by atoms with van der Waals surface area (Å²) in [7, 11) is -1.71. The third-order valence-electron chi connectivity index (χ3n) is 3.12. The van der Waals surface area contributed by atoms with Crippen LogP contribution in [0.4, 0.5) is 0 Å². The molecule has 1 rings (SSSR count). The van der Waals surface area contributed by atoms with Gasteiger partial charge in [0.1, 0.15) is 0 Å². The molecule has 0 amide bonds. The molecule has 5 heteroatoms. The molecular formula is C14H23NO3S. The zero-order valence-corrected chi connectivity index (χ0v) is 12.9. The Morgan fingerprint density at radius 3 is 2.47 bits per heavy atom. The molecule has 0 saturated heterocycles. The second-order valence-electron chi connectivity index (χ2n) is 4.74. The Morgan fingerprint density at radius 1 is 1.26 bits per heavy atom. The highest BCUT2D eigenvalue weighted by atomic mass is 32.2.